The number of aromatic nitrogens is 4. The molecule has 7 nitrogen and oxygen atoms in total. The molecule has 0 bridgehead atoms. The van der Waals surface area contributed by atoms with Crippen LogP contribution in [0.5, 0.6) is 5.75 Å². The third kappa shape index (κ3) is 4.33. The molecule has 0 saturated carbocycles. The molecule has 0 aliphatic carbocycles. The Morgan fingerprint density at radius 1 is 1.23 bits per heavy atom. The standard InChI is InChI=1S/C22H23N5O2S/c1-14(11-18-5-4-10-30-18)22(28)24-15(2)21-25-20-12-19(23-13-27(20)26-21)16-6-8-17(29-3)9-7-16/h4-10,12-15H,11H2,1-3H3,(H,24,28)/t14?,15-/m0/s1. The van der Waals surface area contributed by atoms with Crippen LogP contribution in [0.4, 0.5) is 0 Å². The number of nitrogens with zero attached hydrogens (tertiary/aromatic N) is 4. The molecular weight excluding hydrogens is 398 g/mol. The maximum absolute atomic E-state index is 12.6. The number of thiophene rings is 1. The second-order valence-electron chi connectivity index (χ2n) is 7.19. The van der Waals surface area contributed by atoms with Crippen LogP contribution < -0.4 is 10.1 Å². The number of rotatable bonds is 7. The minimum Gasteiger partial charge on any atom is -0.497 e. The van der Waals surface area contributed by atoms with Gasteiger partial charge in [0.05, 0.1) is 18.8 Å². The molecule has 2 atom stereocenters. The van der Waals surface area contributed by atoms with Crippen LogP contribution in [0.2, 0.25) is 0 Å². The first kappa shape index (κ1) is 20.0. The van der Waals surface area contributed by atoms with Gasteiger partial charge in [-0.1, -0.05) is 13.0 Å². The van der Waals surface area contributed by atoms with Crippen LogP contribution in [-0.2, 0) is 11.2 Å². The summed E-state index contributed by atoms with van der Waals surface area (Å²) in [5, 5.41) is 9.52. The minimum atomic E-state index is -0.298. The van der Waals surface area contributed by atoms with Crippen LogP contribution in [0.15, 0.2) is 54.2 Å². The van der Waals surface area contributed by atoms with Crippen molar-refractivity contribution in [3.63, 3.8) is 0 Å². The minimum absolute atomic E-state index is 0.00759. The molecule has 1 aromatic carbocycles. The van der Waals surface area contributed by atoms with Crippen LogP contribution in [0, 0.1) is 5.92 Å². The van der Waals surface area contributed by atoms with Crippen molar-refractivity contribution in [2.75, 3.05) is 7.11 Å². The molecule has 154 valence electrons. The predicted molar refractivity (Wildman–Crippen MR) is 117 cm³/mol. The van der Waals surface area contributed by atoms with Gasteiger partial charge in [0, 0.05) is 22.4 Å². The number of nitrogens with one attached hydrogen (secondary N) is 1. The van der Waals surface area contributed by atoms with E-state index < -0.39 is 0 Å². The quantitative estimate of drug-likeness (QED) is 0.489. The zero-order valence-electron chi connectivity index (χ0n) is 17.1. The van der Waals surface area contributed by atoms with E-state index in [1.165, 1.54) is 4.88 Å². The maximum atomic E-state index is 12.6. The van der Waals surface area contributed by atoms with Crippen molar-refractivity contribution in [2.24, 2.45) is 5.92 Å². The van der Waals surface area contributed by atoms with Gasteiger partial charge in [0.2, 0.25) is 5.91 Å². The summed E-state index contributed by atoms with van der Waals surface area (Å²) in [5.74, 6) is 1.22. The summed E-state index contributed by atoms with van der Waals surface area (Å²) in [6.45, 7) is 3.83. The molecule has 0 aliphatic heterocycles. The average Bonchev–Trinajstić information content (AvgIpc) is 3.42. The molecule has 8 heteroatoms. The summed E-state index contributed by atoms with van der Waals surface area (Å²) < 4.78 is 6.83. The van der Waals surface area contributed by atoms with Crippen molar-refractivity contribution >= 4 is 22.9 Å². The zero-order valence-corrected chi connectivity index (χ0v) is 17.9. The topological polar surface area (TPSA) is 81.4 Å². The molecule has 0 fully saturated rings. The fourth-order valence-corrected chi connectivity index (χ4v) is 3.99. The highest BCUT2D eigenvalue weighted by atomic mass is 32.1. The fourth-order valence-electron chi connectivity index (χ4n) is 3.16. The van der Waals surface area contributed by atoms with Gasteiger partial charge in [0.1, 0.15) is 12.1 Å². The van der Waals surface area contributed by atoms with Crippen LogP contribution >= 0.6 is 11.3 Å². The highest BCUT2D eigenvalue weighted by Crippen LogP contribution is 2.22. The lowest BCUT2D eigenvalue weighted by molar-refractivity contribution is -0.125. The molecule has 4 aromatic rings. The highest BCUT2D eigenvalue weighted by Gasteiger charge is 2.20. The second kappa shape index (κ2) is 8.62. The maximum Gasteiger partial charge on any atom is 0.223 e. The molecule has 0 spiro atoms. The zero-order chi connectivity index (χ0) is 21.1. The van der Waals surface area contributed by atoms with Crippen molar-refractivity contribution in [2.45, 2.75) is 26.3 Å². The van der Waals surface area contributed by atoms with E-state index in [1.54, 1.807) is 29.3 Å². The third-order valence-electron chi connectivity index (χ3n) is 4.91. The van der Waals surface area contributed by atoms with E-state index >= 15 is 0 Å². The molecule has 4 rings (SSSR count). The Kier molecular flexibility index (Phi) is 5.76. The number of fused-ring (bicyclic) bond motifs is 1. The van der Waals surface area contributed by atoms with E-state index in [4.69, 9.17) is 4.74 Å². The van der Waals surface area contributed by atoms with Gasteiger partial charge in [-0.25, -0.2) is 14.5 Å². The molecule has 30 heavy (non-hydrogen) atoms. The van der Waals surface area contributed by atoms with E-state index in [-0.39, 0.29) is 17.9 Å². The van der Waals surface area contributed by atoms with E-state index in [0.717, 1.165) is 23.4 Å². The Hall–Kier alpha value is -3.26. The van der Waals surface area contributed by atoms with Gasteiger partial charge in [-0.15, -0.1) is 16.4 Å². The lowest BCUT2D eigenvalue weighted by Crippen LogP contribution is -2.32. The first-order chi connectivity index (χ1) is 14.5. The lowest BCUT2D eigenvalue weighted by Gasteiger charge is -2.14. The fraction of sp³-hybridized carbons (Fsp3) is 0.273. The van der Waals surface area contributed by atoms with Crippen LogP contribution in [-0.4, -0.2) is 32.6 Å². The summed E-state index contributed by atoms with van der Waals surface area (Å²) in [7, 11) is 1.64. The molecule has 0 radical (unpaired) electrons. The Labute approximate surface area is 178 Å². The van der Waals surface area contributed by atoms with Gasteiger partial charge in [-0.2, -0.15) is 0 Å². The largest absolute Gasteiger partial charge is 0.497 e. The van der Waals surface area contributed by atoms with Crippen LogP contribution in [0.25, 0.3) is 16.9 Å². The number of carbonyl (C=O) groups is 1. The first-order valence-corrected chi connectivity index (χ1v) is 10.6. The van der Waals surface area contributed by atoms with E-state index in [9.17, 15) is 4.79 Å². The molecule has 0 saturated heterocycles. The van der Waals surface area contributed by atoms with Gasteiger partial charge in [0.25, 0.3) is 0 Å². The summed E-state index contributed by atoms with van der Waals surface area (Å²) in [6, 6.07) is 13.3. The van der Waals surface area contributed by atoms with Crippen molar-refractivity contribution in [1.82, 2.24) is 24.9 Å². The van der Waals surface area contributed by atoms with Gasteiger partial charge >= 0.3 is 0 Å². The van der Waals surface area contributed by atoms with E-state index in [0.29, 0.717) is 11.5 Å². The van der Waals surface area contributed by atoms with Crippen molar-refractivity contribution < 1.29 is 9.53 Å². The SMILES string of the molecule is COc1ccc(-c2cc3nc([C@H](C)NC(=O)C(C)Cc4cccs4)nn3cn2)cc1. The number of amides is 1. The van der Waals surface area contributed by atoms with Gasteiger partial charge < -0.3 is 10.1 Å². The Bertz CT molecular complexity index is 1140. The summed E-state index contributed by atoms with van der Waals surface area (Å²) >= 11 is 1.67. The third-order valence-corrected chi connectivity index (χ3v) is 5.81. The molecule has 0 aliphatic rings. The average molecular weight is 422 g/mol. The summed E-state index contributed by atoms with van der Waals surface area (Å²) in [4.78, 5) is 22.8. The van der Waals surface area contributed by atoms with Gasteiger partial charge in [-0.3, -0.25) is 4.79 Å². The molecule has 1 N–H and O–H groups in total. The molecule has 1 amide bonds. The molecule has 1 unspecified atom stereocenters. The summed E-state index contributed by atoms with van der Waals surface area (Å²) in [6.07, 6.45) is 2.36. The number of ether oxygens (including phenoxy) is 1. The van der Waals surface area contributed by atoms with Crippen molar-refractivity contribution in [3.8, 4) is 17.0 Å². The van der Waals surface area contributed by atoms with Gasteiger partial charge in [-0.05, 0) is 49.1 Å². The second-order valence-corrected chi connectivity index (χ2v) is 8.22. The van der Waals surface area contributed by atoms with Crippen LogP contribution in [0.1, 0.15) is 30.6 Å². The number of methoxy groups -OCH3 is 1. The van der Waals surface area contributed by atoms with Crippen molar-refractivity contribution in [1.29, 1.82) is 0 Å². The predicted octanol–water partition coefficient (Wildman–Crippen LogP) is 3.92. The molecule has 3 aromatic heterocycles. The smallest absolute Gasteiger partial charge is 0.223 e. The highest BCUT2D eigenvalue weighted by molar-refractivity contribution is 7.09. The Morgan fingerprint density at radius 2 is 2.03 bits per heavy atom. The molecular formula is C22H23N5O2S. The number of hydrogen-bond donors (Lipinski definition) is 1. The van der Waals surface area contributed by atoms with E-state index in [2.05, 4.69) is 26.4 Å². The Morgan fingerprint density at radius 3 is 2.73 bits per heavy atom. The van der Waals surface area contributed by atoms with Crippen LogP contribution in [0.3, 0.4) is 0 Å². The normalized spacial score (nSPS) is 13.2. The number of carbonyl (C=O) groups excluding carboxylic acids is 1. The monoisotopic (exact) mass is 421 g/mol. The lowest BCUT2D eigenvalue weighted by atomic mass is 10.1. The Balaban J connectivity index is 1.47. The number of hydrogen-bond acceptors (Lipinski definition) is 6. The van der Waals surface area contributed by atoms with Crippen molar-refractivity contribution in [3.05, 3.63) is 64.9 Å². The van der Waals surface area contributed by atoms with Gasteiger partial charge in [0.15, 0.2) is 11.5 Å². The first-order valence-electron chi connectivity index (χ1n) is 9.73. The van der Waals surface area contributed by atoms with E-state index in [1.807, 2.05) is 55.6 Å². The number of benzene rings is 1. The summed E-state index contributed by atoms with van der Waals surface area (Å²) in [5.41, 5.74) is 2.44. The molecule has 3 heterocycles.